The zero-order chi connectivity index (χ0) is 16.9. The number of carbonyl (C=O) groups is 1. The summed E-state index contributed by atoms with van der Waals surface area (Å²) < 4.78 is 5.68. The molecule has 0 aliphatic carbocycles. The lowest BCUT2D eigenvalue weighted by atomic mass is 10.1. The van der Waals surface area contributed by atoms with Crippen LogP contribution in [0, 0.1) is 10.1 Å². The number of nitrogens with zero attached hydrogens (tertiary/aromatic N) is 2. The van der Waals surface area contributed by atoms with Gasteiger partial charge in [-0.25, -0.2) is 0 Å². The van der Waals surface area contributed by atoms with Crippen molar-refractivity contribution in [2.24, 2.45) is 0 Å². The number of aromatic amines is 1. The fraction of sp³-hybridized carbons (Fsp3) is 0. The smallest absolute Gasteiger partial charge is 0.270 e. The van der Waals surface area contributed by atoms with Crippen LogP contribution in [-0.2, 0) is 0 Å². The second kappa shape index (κ2) is 6.61. The highest BCUT2D eigenvalue weighted by molar-refractivity contribution is 6.06. The maximum absolute atomic E-state index is 12.4. The second-order valence-corrected chi connectivity index (χ2v) is 4.79. The van der Waals surface area contributed by atoms with Crippen molar-refractivity contribution >= 4 is 17.3 Å². The van der Waals surface area contributed by atoms with Crippen molar-refractivity contribution in [1.29, 1.82) is 0 Å². The number of hydrogen-bond acceptors (Lipinski definition) is 5. The van der Waals surface area contributed by atoms with Gasteiger partial charge in [-0.1, -0.05) is 18.2 Å². The number of non-ortho nitro benzene ring substituents is 1. The molecule has 1 aromatic heterocycles. The molecule has 24 heavy (non-hydrogen) atoms. The predicted molar refractivity (Wildman–Crippen MR) is 86.2 cm³/mol. The number of nitro benzene ring substituents is 1. The van der Waals surface area contributed by atoms with Crippen LogP contribution in [0.4, 0.5) is 11.4 Å². The van der Waals surface area contributed by atoms with Crippen molar-refractivity contribution < 1.29 is 14.5 Å². The number of para-hydroxylation sites is 1. The maximum Gasteiger partial charge on any atom is 0.270 e. The molecule has 1 amide bonds. The van der Waals surface area contributed by atoms with Crippen molar-refractivity contribution in [2.75, 3.05) is 5.32 Å². The average molecular weight is 324 g/mol. The van der Waals surface area contributed by atoms with Crippen molar-refractivity contribution in [3.8, 4) is 11.5 Å². The molecule has 2 N–H and O–H groups in total. The molecule has 0 saturated heterocycles. The molecule has 0 saturated carbocycles. The fourth-order valence-corrected chi connectivity index (χ4v) is 2.03. The number of benzene rings is 2. The Kier molecular flexibility index (Phi) is 4.19. The highest BCUT2D eigenvalue weighted by Crippen LogP contribution is 2.29. The lowest BCUT2D eigenvalue weighted by Gasteiger charge is -2.11. The minimum atomic E-state index is -0.569. The van der Waals surface area contributed by atoms with E-state index in [1.54, 1.807) is 24.3 Å². The largest absolute Gasteiger partial charge is 0.457 e. The van der Waals surface area contributed by atoms with Crippen molar-refractivity contribution in [1.82, 2.24) is 10.2 Å². The van der Waals surface area contributed by atoms with Gasteiger partial charge in [0.25, 0.3) is 11.6 Å². The van der Waals surface area contributed by atoms with Crippen LogP contribution in [0.25, 0.3) is 0 Å². The molecule has 3 aromatic rings. The predicted octanol–water partition coefficient (Wildman–Crippen LogP) is 3.36. The van der Waals surface area contributed by atoms with Gasteiger partial charge in [0, 0.05) is 18.3 Å². The molecule has 3 rings (SSSR count). The van der Waals surface area contributed by atoms with Gasteiger partial charge < -0.3 is 10.1 Å². The second-order valence-electron chi connectivity index (χ2n) is 4.79. The summed E-state index contributed by atoms with van der Waals surface area (Å²) in [6.45, 7) is 0. The third-order valence-corrected chi connectivity index (χ3v) is 3.15. The molecular formula is C16H12N4O4. The van der Waals surface area contributed by atoms with Crippen LogP contribution in [-0.4, -0.2) is 21.0 Å². The number of hydrogen-bond donors (Lipinski definition) is 2. The third kappa shape index (κ3) is 3.38. The van der Waals surface area contributed by atoms with E-state index in [-0.39, 0.29) is 17.0 Å². The number of carbonyl (C=O) groups excluding carboxylic acids is 1. The molecule has 0 aliphatic heterocycles. The van der Waals surface area contributed by atoms with Gasteiger partial charge in [0.1, 0.15) is 11.5 Å². The summed E-state index contributed by atoms with van der Waals surface area (Å²) in [6, 6.07) is 12.7. The number of nitrogens with one attached hydrogen (secondary N) is 2. The Morgan fingerprint density at radius 1 is 1.21 bits per heavy atom. The quantitative estimate of drug-likeness (QED) is 0.552. The topological polar surface area (TPSA) is 110 Å². The zero-order valence-corrected chi connectivity index (χ0v) is 12.3. The molecule has 0 radical (unpaired) electrons. The summed E-state index contributed by atoms with van der Waals surface area (Å²) in [5.41, 5.74) is 0.291. The van der Waals surface area contributed by atoms with E-state index in [0.717, 1.165) is 0 Å². The summed E-state index contributed by atoms with van der Waals surface area (Å²) >= 11 is 0. The molecule has 0 atom stereocenters. The van der Waals surface area contributed by atoms with Gasteiger partial charge in [-0.05, 0) is 18.2 Å². The van der Waals surface area contributed by atoms with Gasteiger partial charge >= 0.3 is 0 Å². The molecule has 0 bridgehead atoms. The first-order chi connectivity index (χ1) is 11.6. The highest BCUT2D eigenvalue weighted by Gasteiger charge is 2.19. The van der Waals surface area contributed by atoms with Gasteiger partial charge in [-0.2, -0.15) is 5.10 Å². The molecule has 2 aromatic carbocycles. The summed E-state index contributed by atoms with van der Waals surface area (Å²) in [6.07, 6.45) is 2.92. The molecular weight excluding hydrogens is 312 g/mol. The monoisotopic (exact) mass is 324 g/mol. The molecule has 0 fully saturated rings. The van der Waals surface area contributed by atoms with Gasteiger partial charge in [0.2, 0.25) is 0 Å². The summed E-state index contributed by atoms with van der Waals surface area (Å²) in [7, 11) is 0. The SMILES string of the molecule is O=C(Nc1cn[nH]c1)c1cc([N+](=O)[O-])ccc1Oc1ccccc1. The van der Waals surface area contributed by atoms with E-state index in [4.69, 9.17) is 4.74 Å². The number of ether oxygens (including phenoxy) is 1. The lowest BCUT2D eigenvalue weighted by molar-refractivity contribution is -0.384. The lowest BCUT2D eigenvalue weighted by Crippen LogP contribution is -2.13. The molecule has 8 nitrogen and oxygen atoms in total. The van der Waals surface area contributed by atoms with Crippen LogP contribution >= 0.6 is 0 Å². The highest BCUT2D eigenvalue weighted by atomic mass is 16.6. The van der Waals surface area contributed by atoms with Crippen molar-refractivity contribution in [2.45, 2.75) is 0 Å². The minimum Gasteiger partial charge on any atom is -0.457 e. The van der Waals surface area contributed by atoms with E-state index < -0.39 is 10.8 Å². The van der Waals surface area contributed by atoms with Crippen LogP contribution in [0.1, 0.15) is 10.4 Å². The Morgan fingerprint density at radius 3 is 2.67 bits per heavy atom. The maximum atomic E-state index is 12.4. The minimum absolute atomic E-state index is 0.0502. The Labute approximate surface area is 136 Å². The molecule has 0 spiro atoms. The Morgan fingerprint density at radius 2 is 2.00 bits per heavy atom. The Bertz CT molecular complexity index is 863. The normalized spacial score (nSPS) is 10.2. The number of anilines is 1. The van der Waals surface area contributed by atoms with E-state index in [1.807, 2.05) is 6.07 Å². The molecule has 120 valence electrons. The van der Waals surface area contributed by atoms with Crippen LogP contribution in [0.3, 0.4) is 0 Å². The molecule has 8 heteroatoms. The zero-order valence-electron chi connectivity index (χ0n) is 12.3. The Balaban J connectivity index is 1.95. The summed E-state index contributed by atoms with van der Waals surface area (Å²) in [5, 5.41) is 19.9. The fourth-order valence-electron chi connectivity index (χ4n) is 2.03. The number of amides is 1. The van der Waals surface area contributed by atoms with E-state index in [2.05, 4.69) is 15.5 Å². The number of H-pyrrole nitrogens is 1. The summed E-state index contributed by atoms with van der Waals surface area (Å²) in [5.74, 6) is 0.197. The molecule has 1 heterocycles. The van der Waals surface area contributed by atoms with Crippen LogP contribution in [0.2, 0.25) is 0 Å². The first-order valence-electron chi connectivity index (χ1n) is 6.95. The standard InChI is InChI=1S/C16H12N4O4/c21-16(19-11-9-17-18-10-11)14-8-12(20(22)23)6-7-15(14)24-13-4-2-1-3-5-13/h1-10H,(H,17,18)(H,19,21). The van der Waals surface area contributed by atoms with Crippen molar-refractivity contribution in [3.63, 3.8) is 0 Å². The van der Waals surface area contributed by atoms with Gasteiger partial charge in [0.05, 0.1) is 22.4 Å². The molecule has 0 aliphatic rings. The number of aromatic nitrogens is 2. The van der Waals surface area contributed by atoms with E-state index in [0.29, 0.717) is 11.4 Å². The van der Waals surface area contributed by atoms with Gasteiger partial charge in [-0.3, -0.25) is 20.0 Å². The van der Waals surface area contributed by atoms with Crippen LogP contribution < -0.4 is 10.1 Å². The number of rotatable bonds is 5. The molecule has 0 unspecified atom stereocenters. The van der Waals surface area contributed by atoms with E-state index in [9.17, 15) is 14.9 Å². The Hall–Kier alpha value is -3.68. The van der Waals surface area contributed by atoms with E-state index >= 15 is 0 Å². The van der Waals surface area contributed by atoms with Gasteiger partial charge in [0.15, 0.2) is 0 Å². The van der Waals surface area contributed by atoms with E-state index in [1.165, 1.54) is 30.6 Å². The number of nitro groups is 1. The van der Waals surface area contributed by atoms with Crippen molar-refractivity contribution in [3.05, 3.63) is 76.6 Å². The third-order valence-electron chi connectivity index (χ3n) is 3.15. The van der Waals surface area contributed by atoms with Gasteiger partial charge in [-0.15, -0.1) is 0 Å². The summed E-state index contributed by atoms with van der Waals surface area (Å²) in [4.78, 5) is 22.9. The van der Waals surface area contributed by atoms with Crippen LogP contribution in [0.5, 0.6) is 11.5 Å². The average Bonchev–Trinajstić information content (AvgIpc) is 3.09. The first-order valence-corrected chi connectivity index (χ1v) is 6.95. The van der Waals surface area contributed by atoms with Crippen LogP contribution in [0.15, 0.2) is 60.9 Å². The first kappa shape index (κ1) is 15.2.